The molecule has 1 heterocycles. The number of hydrogen-bond acceptors (Lipinski definition) is 3. The zero-order chi connectivity index (χ0) is 11.5. The zero-order valence-electron chi connectivity index (χ0n) is 8.80. The fourth-order valence-electron chi connectivity index (χ4n) is 1.60. The maximum atomic E-state index is 11.3. The molecule has 1 amide bonds. The van der Waals surface area contributed by atoms with Gasteiger partial charge in [-0.2, -0.15) is 0 Å². The van der Waals surface area contributed by atoms with Crippen LogP contribution in [0.4, 0.5) is 5.69 Å². The monoisotopic (exact) mass is 217 g/mol. The fourth-order valence-corrected chi connectivity index (χ4v) is 1.60. The molecule has 0 saturated heterocycles. The van der Waals surface area contributed by atoms with E-state index in [9.17, 15) is 9.70 Å². The Kier molecular flexibility index (Phi) is 2.68. The second-order valence-electron chi connectivity index (χ2n) is 3.45. The molecule has 0 aliphatic carbocycles. The summed E-state index contributed by atoms with van der Waals surface area (Å²) in [4.78, 5) is 21.7. The van der Waals surface area contributed by atoms with Crippen molar-refractivity contribution in [2.75, 3.05) is 7.05 Å². The van der Waals surface area contributed by atoms with Crippen molar-refractivity contribution >= 4 is 22.5 Å². The minimum absolute atomic E-state index is 0.0815. The van der Waals surface area contributed by atoms with Crippen molar-refractivity contribution in [3.8, 4) is 0 Å². The van der Waals surface area contributed by atoms with Gasteiger partial charge in [0.15, 0.2) is 0 Å². The molecule has 0 atom stereocenters. The lowest BCUT2D eigenvalue weighted by Gasteiger charge is -2.03. The van der Waals surface area contributed by atoms with Crippen LogP contribution in [0, 0.1) is 4.91 Å². The highest BCUT2D eigenvalue weighted by Crippen LogP contribution is 2.22. The summed E-state index contributed by atoms with van der Waals surface area (Å²) in [6.07, 6.45) is 1.81. The number of rotatable bonds is 3. The molecule has 0 radical (unpaired) electrons. The van der Waals surface area contributed by atoms with Crippen LogP contribution in [0.25, 0.3) is 10.9 Å². The van der Waals surface area contributed by atoms with Crippen LogP contribution < -0.4 is 5.32 Å². The minimum atomic E-state index is -0.0815. The average Bonchev–Trinajstić information content (AvgIpc) is 2.71. The van der Waals surface area contributed by atoms with Gasteiger partial charge in [0.05, 0.1) is 5.52 Å². The van der Waals surface area contributed by atoms with E-state index in [2.05, 4.69) is 10.5 Å². The molecule has 0 saturated carbocycles. The number of aromatic nitrogens is 1. The number of nitroso groups, excluding NO2 is 1. The van der Waals surface area contributed by atoms with E-state index >= 15 is 0 Å². The van der Waals surface area contributed by atoms with Gasteiger partial charge in [0.1, 0.15) is 12.2 Å². The SMILES string of the molecule is CNC(=O)Cn1ccc2ccc(N=O)cc21. The van der Waals surface area contributed by atoms with E-state index in [1.165, 1.54) is 0 Å². The molecule has 5 nitrogen and oxygen atoms in total. The molecule has 0 unspecified atom stereocenters. The molecule has 1 N–H and O–H groups in total. The molecule has 0 fully saturated rings. The molecule has 0 bridgehead atoms. The third kappa shape index (κ3) is 1.79. The Morgan fingerprint density at radius 1 is 1.44 bits per heavy atom. The van der Waals surface area contributed by atoms with Crippen molar-refractivity contribution in [2.24, 2.45) is 5.18 Å². The van der Waals surface area contributed by atoms with Crippen molar-refractivity contribution in [3.05, 3.63) is 35.4 Å². The van der Waals surface area contributed by atoms with Gasteiger partial charge in [0, 0.05) is 13.2 Å². The van der Waals surface area contributed by atoms with E-state index < -0.39 is 0 Å². The molecule has 5 heteroatoms. The lowest BCUT2D eigenvalue weighted by Crippen LogP contribution is -2.22. The van der Waals surface area contributed by atoms with E-state index in [0.29, 0.717) is 5.69 Å². The second-order valence-corrected chi connectivity index (χ2v) is 3.45. The first-order valence-electron chi connectivity index (χ1n) is 4.87. The van der Waals surface area contributed by atoms with E-state index in [4.69, 9.17) is 0 Å². The lowest BCUT2D eigenvalue weighted by molar-refractivity contribution is -0.121. The molecule has 82 valence electrons. The summed E-state index contributed by atoms with van der Waals surface area (Å²) in [5.74, 6) is -0.0815. The standard InChI is InChI=1S/C11H11N3O2/c1-12-11(15)7-14-5-4-8-2-3-9(13-16)6-10(8)14/h2-6H,7H2,1H3,(H,12,15). The van der Waals surface area contributed by atoms with Crippen LogP contribution in [-0.4, -0.2) is 17.5 Å². The first-order chi connectivity index (χ1) is 7.74. The summed E-state index contributed by atoms with van der Waals surface area (Å²) >= 11 is 0. The smallest absolute Gasteiger partial charge is 0.239 e. The predicted molar refractivity (Wildman–Crippen MR) is 61.5 cm³/mol. The number of carbonyl (C=O) groups is 1. The van der Waals surface area contributed by atoms with Gasteiger partial charge in [-0.3, -0.25) is 4.79 Å². The quantitative estimate of drug-likeness (QED) is 0.796. The van der Waals surface area contributed by atoms with Crippen LogP contribution in [-0.2, 0) is 11.3 Å². The summed E-state index contributed by atoms with van der Waals surface area (Å²) in [6.45, 7) is 0.238. The van der Waals surface area contributed by atoms with Crippen molar-refractivity contribution in [1.82, 2.24) is 9.88 Å². The van der Waals surface area contributed by atoms with E-state index in [1.54, 1.807) is 23.7 Å². The molecule has 16 heavy (non-hydrogen) atoms. The Morgan fingerprint density at radius 3 is 2.94 bits per heavy atom. The Labute approximate surface area is 92.0 Å². The number of carbonyl (C=O) groups excluding carboxylic acids is 1. The van der Waals surface area contributed by atoms with E-state index in [0.717, 1.165) is 10.9 Å². The Bertz CT molecular complexity index is 545. The molecular formula is C11H11N3O2. The number of nitrogens with one attached hydrogen (secondary N) is 1. The van der Waals surface area contributed by atoms with Gasteiger partial charge >= 0.3 is 0 Å². The fraction of sp³-hybridized carbons (Fsp3) is 0.182. The zero-order valence-corrected chi connectivity index (χ0v) is 8.80. The first-order valence-corrected chi connectivity index (χ1v) is 4.87. The summed E-state index contributed by atoms with van der Waals surface area (Å²) in [5, 5.41) is 6.41. The lowest BCUT2D eigenvalue weighted by atomic mass is 10.2. The van der Waals surface area contributed by atoms with Crippen LogP contribution >= 0.6 is 0 Å². The van der Waals surface area contributed by atoms with Crippen LogP contribution in [0.2, 0.25) is 0 Å². The van der Waals surface area contributed by atoms with Crippen LogP contribution in [0.3, 0.4) is 0 Å². The van der Waals surface area contributed by atoms with Crippen LogP contribution in [0.1, 0.15) is 0 Å². The third-order valence-electron chi connectivity index (χ3n) is 2.46. The Morgan fingerprint density at radius 2 is 2.25 bits per heavy atom. The molecule has 0 aliphatic heterocycles. The van der Waals surface area contributed by atoms with Crippen LogP contribution in [0.5, 0.6) is 0 Å². The molecule has 2 aromatic rings. The summed E-state index contributed by atoms with van der Waals surface area (Å²) in [7, 11) is 1.59. The number of nitrogens with zero attached hydrogens (tertiary/aromatic N) is 2. The van der Waals surface area contributed by atoms with Crippen molar-refractivity contribution < 1.29 is 4.79 Å². The summed E-state index contributed by atoms with van der Waals surface area (Å²) in [5.41, 5.74) is 1.20. The number of hydrogen-bond donors (Lipinski definition) is 1. The van der Waals surface area contributed by atoms with Crippen molar-refractivity contribution in [1.29, 1.82) is 0 Å². The normalized spacial score (nSPS) is 10.3. The van der Waals surface area contributed by atoms with Crippen molar-refractivity contribution in [3.63, 3.8) is 0 Å². The van der Waals surface area contributed by atoms with Crippen LogP contribution in [0.15, 0.2) is 35.6 Å². The molecule has 1 aromatic heterocycles. The molecule has 0 spiro atoms. The first kappa shape index (κ1) is 10.4. The Balaban J connectivity index is 2.45. The van der Waals surface area contributed by atoms with E-state index in [1.807, 2.05) is 18.3 Å². The van der Waals surface area contributed by atoms with Gasteiger partial charge in [0.2, 0.25) is 5.91 Å². The number of amides is 1. The second kappa shape index (κ2) is 4.14. The average molecular weight is 217 g/mol. The van der Waals surface area contributed by atoms with Gasteiger partial charge in [-0.1, -0.05) is 6.07 Å². The third-order valence-corrected chi connectivity index (χ3v) is 2.46. The van der Waals surface area contributed by atoms with Gasteiger partial charge in [-0.25, -0.2) is 0 Å². The molecular weight excluding hydrogens is 206 g/mol. The summed E-state index contributed by atoms with van der Waals surface area (Å²) in [6, 6.07) is 7.03. The van der Waals surface area contributed by atoms with Gasteiger partial charge in [-0.05, 0) is 28.8 Å². The highest BCUT2D eigenvalue weighted by atomic mass is 16.3. The van der Waals surface area contributed by atoms with Gasteiger partial charge in [-0.15, -0.1) is 4.91 Å². The number of benzene rings is 1. The largest absolute Gasteiger partial charge is 0.358 e. The Hall–Kier alpha value is -2.17. The highest BCUT2D eigenvalue weighted by Gasteiger charge is 2.05. The molecule has 2 rings (SSSR count). The van der Waals surface area contributed by atoms with Crippen molar-refractivity contribution in [2.45, 2.75) is 6.54 Å². The topological polar surface area (TPSA) is 63.5 Å². The van der Waals surface area contributed by atoms with Gasteiger partial charge < -0.3 is 9.88 Å². The number of fused-ring (bicyclic) bond motifs is 1. The maximum absolute atomic E-state index is 11.3. The number of likely N-dealkylation sites (N-methyl/N-ethyl adjacent to an activating group) is 1. The predicted octanol–water partition coefficient (Wildman–Crippen LogP) is 1.79. The van der Waals surface area contributed by atoms with E-state index in [-0.39, 0.29) is 12.5 Å². The van der Waals surface area contributed by atoms with Gasteiger partial charge in [0.25, 0.3) is 0 Å². The molecule has 1 aromatic carbocycles. The minimum Gasteiger partial charge on any atom is -0.358 e. The highest BCUT2D eigenvalue weighted by molar-refractivity contribution is 5.85. The molecule has 0 aliphatic rings. The summed E-state index contributed by atoms with van der Waals surface area (Å²) < 4.78 is 1.78. The maximum Gasteiger partial charge on any atom is 0.239 e.